The molecule has 3 aromatic rings. The molecule has 0 saturated carbocycles. The molecule has 138 valence electrons. The molecule has 3 aromatic carbocycles. The van der Waals surface area contributed by atoms with Gasteiger partial charge in [0.05, 0.1) is 6.04 Å². The summed E-state index contributed by atoms with van der Waals surface area (Å²) in [5, 5.41) is 10.1. The number of anilines is 2. The highest BCUT2D eigenvalue weighted by Crippen LogP contribution is 2.38. The Hall–Kier alpha value is -2.58. The maximum Gasteiger partial charge on any atom is 0.0517 e. The summed E-state index contributed by atoms with van der Waals surface area (Å²) >= 11 is 0. The van der Waals surface area contributed by atoms with Crippen LogP contribution < -0.4 is 10.6 Å². The lowest BCUT2D eigenvalue weighted by Gasteiger charge is -2.27. The van der Waals surface area contributed by atoms with Crippen LogP contribution in [0.3, 0.4) is 0 Å². The average Bonchev–Trinajstić information content (AvgIpc) is 2.66. The lowest BCUT2D eigenvalue weighted by Crippen LogP contribution is -2.31. The minimum absolute atomic E-state index is 0.266. The molecular weight excluding hydrogens is 328 g/mol. The second kappa shape index (κ2) is 7.58. The van der Waals surface area contributed by atoms with E-state index in [0.717, 1.165) is 11.4 Å². The van der Waals surface area contributed by atoms with Crippen molar-refractivity contribution in [2.45, 2.75) is 39.3 Å². The number of para-hydroxylation sites is 1. The summed E-state index contributed by atoms with van der Waals surface area (Å²) in [5.74, 6) is 0.699. The van der Waals surface area contributed by atoms with Gasteiger partial charge in [0.2, 0.25) is 0 Å². The number of rotatable bonds is 6. The minimum atomic E-state index is 0.266. The van der Waals surface area contributed by atoms with E-state index in [-0.39, 0.29) is 6.04 Å². The standard InChI is InChI=1S/C25H28N2/c1-17(2)16-18(3)26-23-15-13-22-24(27-20-9-5-4-6-10-20)14-12-19-8-7-11-21(23)25(19)22/h4-15,17-18,23,26-27H,16H2,1-3H3. The second-order valence-electron chi connectivity index (χ2n) is 8.00. The number of benzene rings is 3. The largest absolute Gasteiger partial charge is 0.355 e. The van der Waals surface area contributed by atoms with Crippen LogP contribution in [-0.2, 0) is 0 Å². The molecule has 4 rings (SSSR count). The minimum Gasteiger partial charge on any atom is -0.355 e. The monoisotopic (exact) mass is 356 g/mol. The van der Waals surface area contributed by atoms with Gasteiger partial charge in [-0.25, -0.2) is 0 Å². The van der Waals surface area contributed by atoms with Crippen LogP contribution in [0.1, 0.15) is 44.4 Å². The first-order chi connectivity index (χ1) is 13.1. The van der Waals surface area contributed by atoms with E-state index in [2.05, 4.69) is 98.2 Å². The Morgan fingerprint density at radius 2 is 1.70 bits per heavy atom. The zero-order chi connectivity index (χ0) is 18.8. The summed E-state index contributed by atoms with van der Waals surface area (Å²) in [5.41, 5.74) is 4.93. The SMILES string of the molecule is CC(C)CC(C)NC1C=Cc2c(Nc3ccccc3)ccc3cccc1c23. The first kappa shape index (κ1) is 17.8. The third-order valence-electron chi connectivity index (χ3n) is 5.25. The molecule has 0 radical (unpaired) electrons. The summed E-state index contributed by atoms with van der Waals surface area (Å²) in [4.78, 5) is 0. The molecular formula is C25H28N2. The van der Waals surface area contributed by atoms with Gasteiger partial charge in [-0.05, 0) is 53.8 Å². The van der Waals surface area contributed by atoms with Gasteiger partial charge in [-0.1, -0.05) is 68.5 Å². The van der Waals surface area contributed by atoms with Gasteiger partial charge in [0.15, 0.2) is 0 Å². The van der Waals surface area contributed by atoms with E-state index in [1.165, 1.54) is 28.3 Å². The smallest absolute Gasteiger partial charge is 0.0517 e. The first-order valence-corrected chi connectivity index (χ1v) is 9.94. The van der Waals surface area contributed by atoms with Crippen LogP contribution in [0.15, 0.2) is 66.7 Å². The Labute approximate surface area is 162 Å². The maximum absolute atomic E-state index is 3.81. The van der Waals surface area contributed by atoms with Gasteiger partial charge in [-0.15, -0.1) is 0 Å². The third kappa shape index (κ3) is 3.77. The van der Waals surface area contributed by atoms with Crippen molar-refractivity contribution in [3.8, 4) is 0 Å². The molecule has 0 bridgehead atoms. The zero-order valence-corrected chi connectivity index (χ0v) is 16.4. The molecule has 0 saturated heterocycles. The summed E-state index contributed by atoms with van der Waals surface area (Å²) < 4.78 is 0. The fourth-order valence-electron chi connectivity index (χ4n) is 4.18. The predicted molar refractivity (Wildman–Crippen MR) is 118 cm³/mol. The molecule has 27 heavy (non-hydrogen) atoms. The van der Waals surface area contributed by atoms with Gasteiger partial charge in [-0.2, -0.15) is 0 Å². The van der Waals surface area contributed by atoms with E-state index in [1.807, 2.05) is 6.07 Å². The van der Waals surface area contributed by atoms with Gasteiger partial charge in [0, 0.05) is 23.0 Å². The van der Waals surface area contributed by atoms with Crippen LogP contribution >= 0.6 is 0 Å². The third-order valence-corrected chi connectivity index (χ3v) is 5.25. The molecule has 0 spiro atoms. The molecule has 2 atom stereocenters. The Morgan fingerprint density at radius 3 is 2.48 bits per heavy atom. The van der Waals surface area contributed by atoms with Gasteiger partial charge >= 0.3 is 0 Å². The number of nitrogens with one attached hydrogen (secondary N) is 2. The maximum atomic E-state index is 3.81. The Balaban J connectivity index is 1.71. The van der Waals surface area contributed by atoms with Crippen LogP contribution in [0.2, 0.25) is 0 Å². The highest BCUT2D eigenvalue weighted by Gasteiger charge is 2.21. The summed E-state index contributed by atoms with van der Waals surface area (Å²) in [6, 6.07) is 22.2. The van der Waals surface area contributed by atoms with Crippen molar-refractivity contribution in [3.63, 3.8) is 0 Å². The average molecular weight is 357 g/mol. The van der Waals surface area contributed by atoms with Crippen molar-refractivity contribution in [2.75, 3.05) is 5.32 Å². The Bertz CT molecular complexity index is 957. The predicted octanol–water partition coefficient (Wildman–Crippen LogP) is 6.68. The molecule has 0 aliphatic heterocycles. The second-order valence-corrected chi connectivity index (χ2v) is 8.00. The van der Waals surface area contributed by atoms with E-state index < -0.39 is 0 Å². The fraction of sp³-hybridized carbons (Fsp3) is 0.280. The molecule has 2 N–H and O–H groups in total. The molecule has 1 aliphatic rings. The molecule has 1 aliphatic carbocycles. The summed E-state index contributed by atoms with van der Waals surface area (Å²) in [6.07, 6.45) is 5.77. The lowest BCUT2D eigenvalue weighted by molar-refractivity contribution is 0.422. The fourth-order valence-corrected chi connectivity index (χ4v) is 4.18. The molecule has 2 nitrogen and oxygen atoms in total. The summed E-state index contributed by atoms with van der Waals surface area (Å²) in [7, 11) is 0. The Kier molecular flexibility index (Phi) is 5.00. The van der Waals surface area contributed by atoms with Gasteiger partial charge in [-0.3, -0.25) is 0 Å². The topological polar surface area (TPSA) is 24.1 Å². The van der Waals surface area contributed by atoms with Crippen molar-refractivity contribution in [1.82, 2.24) is 5.32 Å². The van der Waals surface area contributed by atoms with Crippen LogP contribution in [0, 0.1) is 5.92 Å². The molecule has 0 aromatic heterocycles. The normalized spacial score (nSPS) is 16.7. The van der Waals surface area contributed by atoms with Crippen LogP contribution in [0.4, 0.5) is 11.4 Å². The van der Waals surface area contributed by atoms with Gasteiger partial charge in [0.1, 0.15) is 0 Å². The molecule has 2 unspecified atom stereocenters. The van der Waals surface area contributed by atoms with E-state index in [9.17, 15) is 0 Å². The van der Waals surface area contributed by atoms with E-state index >= 15 is 0 Å². The molecule has 0 fully saturated rings. The van der Waals surface area contributed by atoms with Gasteiger partial charge in [0.25, 0.3) is 0 Å². The van der Waals surface area contributed by atoms with Gasteiger partial charge < -0.3 is 10.6 Å². The first-order valence-electron chi connectivity index (χ1n) is 9.94. The van der Waals surface area contributed by atoms with Crippen molar-refractivity contribution in [1.29, 1.82) is 0 Å². The van der Waals surface area contributed by atoms with Crippen LogP contribution in [0.5, 0.6) is 0 Å². The summed E-state index contributed by atoms with van der Waals surface area (Å²) in [6.45, 7) is 6.86. The zero-order valence-electron chi connectivity index (χ0n) is 16.4. The van der Waals surface area contributed by atoms with E-state index in [1.54, 1.807) is 0 Å². The number of hydrogen-bond donors (Lipinski definition) is 2. The molecule has 0 amide bonds. The van der Waals surface area contributed by atoms with E-state index in [0.29, 0.717) is 12.0 Å². The molecule has 0 heterocycles. The lowest BCUT2D eigenvalue weighted by atomic mass is 9.88. The van der Waals surface area contributed by atoms with Crippen molar-refractivity contribution in [3.05, 3.63) is 77.9 Å². The highest BCUT2D eigenvalue weighted by molar-refractivity contribution is 6.00. The Morgan fingerprint density at radius 1 is 0.889 bits per heavy atom. The molecule has 2 heteroatoms. The van der Waals surface area contributed by atoms with Crippen molar-refractivity contribution in [2.24, 2.45) is 5.92 Å². The van der Waals surface area contributed by atoms with Crippen molar-refractivity contribution < 1.29 is 0 Å². The van der Waals surface area contributed by atoms with Crippen molar-refractivity contribution >= 4 is 28.2 Å². The van der Waals surface area contributed by atoms with Crippen LogP contribution in [0.25, 0.3) is 16.8 Å². The quantitative estimate of drug-likeness (QED) is 0.515. The highest BCUT2D eigenvalue weighted by atomic mass is 14.9. The number of hydrogen-bond acceptors (Lipinski definition) is 2. The van der Waals surface area contributed by atoms with E-state index in [4.69, 9.17) is 0 Å². The van der Waals surface area contributed by atoms with Crippen LogP contribution in [-0.4, -0.2) is 6.04 Å².